The number of hydrogen-bond donors (Lipinski definition) is 2. The summed E-state index contributed by atoms with van der Waals surface area (Å²) in [6.45, 7) is 7.27. The van der Waals surface area contributed by atoms with Crippen LogP contribution in [0.25, 0.3) is 10.8 Å². The summed E-state index contributed by atoms with van der Waals surface area (Å²) in [5.41, 5.74) is 0.344. The maximum Gasteiger partial charge on any atom is 0.272 e. The lowest BCUT2D eigenvalue weighted by Gasteiger charge is -2.35. The zero-order chi connectivity index (χ0) is 17.8. The molecule has 25 heavy (non-hydrogen) atoms. The number of amides is 1. The average molecular weight is 344 g/mol. The molecule has 0 bridgehead atoms. The van der Waals surface area contributed by atoms with E-state index in [0.29, 0.717) is 17.6 Å². The summed E-state index contributed by atoms with van der Waals surface area (Å²) in [5.74, 6) is -0.0981. The smallest absolute Gasteiger partial charge is 0.272 e. The van der Waals surface area contributed by atoms with Gasteiger partial charge in [-0.3, -0.25) is 14.5 Å². The number of rotatable bonds is 5. The highest BCUT2D eigenvalue weighted by molar-refractivity contribution is 5.88. The molecule has 3 rings (SSSR count). The molecule has 0 spiro atoms. The van der Waals surface area contributed by atoms with E-state index < -0.39 is 0 Å². The highest BCUT2D eigenvalue weighted by Gasteiger charge is 2.21. The van der Waals surface area contributed by atoms with Crippen molar-refractivity contribution in [2.24, 2.45) is 0 Å². The highest BCUT2D eigenvalue weighted by Crippen LogP contribution is 2.13. The van der Waals surface area contributed by atoms with Gasteiger partial charge in [0.05, 0.1) is 29.7 Å². The molecule has 1 fully saturated rings. The van der Waals surface area contributed by atoms with Gasteiger partial charge in [0, 0.05) is 31.6 Å². The van der Waals surface area contributed by atoms with E-state index in [-0.39, 0.29) is 30.1 Å². The van der Waals surface area contributed by atoms with E-state index in [1.807, 2.05) is 12.1 Å². The van der Waals surface area contributed by atoms with Crippen molar-refractivity contribution in [1.29, 1.82) is 0 Å². The number of carbonyl (C=O) groups excluding carboxylic acids is 1. The van der Waals surface area contributed by atoms with Gasteiger partial charge in [-0.1, -0.05) is 18.2 Å². The lowest BCUT2D eigenvalue weighted by atomic mass is 10.1. The van der Waals surface area contributed by atoms with Gasteiger partial charge in [0.2, 0.25) is 5.91 Å². The number of carbonyl (C=O) groups is 1. The second kappa shape index (κ2) is 7.76. The average Bonchev–Trinajstić information content (AvgIpc) is 2.57. The number of ether oxygens (including phenoxy) is 1. The number of aromatic nitrogens is 2. The van der Waals surface area contributed by atoms with Crippen LogP contribution < -0.4 is 10.9 Å². The van der Waals surface area contributed by atoms with Crippen LogP contribution in [0.4, 0.5) is 0 Å². The third kappa shape index (κ3) is 4.43. The topological polar surface area (TPSA) is 87.3 Å². The van der Waals surface area contributed by atoms with Gasteiger partial charge in [-0.25, -0.2) is 5.10 Å². The minimum atomic E-state index is -0.240. The van der Waals surface area contributed by atoms with Crippen LogP contribution in [-0.4, -0.2) is 59.4 Å². The molecule has 134 valence electrons. The number of fused-ring (bicyclic) bond motifs is 1. The normalized spacial score (nSPS) is 21.4. The molecule has 2 N–H and O–H groups in total. The van der Waals surface area contributed by atoms with E-state index in [2.05, 4.69) is 34.3 Å². The first-order chi connectivity index (χ1) is 12.0. The van der Waals surface area contributed by atoms with Crippen molar-refractivity contribution >= 4 is 16.7 Å². The van der Waals surface area contributed by atoms with Crippen molar-refractivity contribution in [2.45, 2.75) is 32.5 Å². The first kappa shape index (κ1) is 17.6. The van der Waals surface area contributed by atoms with Crippen LogP contribution in [0, 0.1) is 0 Å². The summed E-state index contributed by atoms with van der Waals surface area (Å²) in [7, 11) is 0. The molecule has 1 amide bonds. The molecule has 7 nitrogen and oxygen atoms in total. The maximum absolute atomic E-state index is 12.2. The van der Waals surface area contributed by atoms with Crippen LogP contribution in [0.2, 0.25) is 0 Å². The summed E-state index contributed by atoms with van der Waals surface area (Å²) in [6, 6.07) is 7.19. The number of aromatic amines is 1. The standard InChI is InChI=1S/C18H24N4O3/c1-12-10-22(11-13(2)25-12)8-7-19-17(23)9-16-14-5-3-4-6-15(14)18(24)21-20-16/h3-6,12-13H,7-11H2,1-2H3,(H,19,23)(H,21,24)/t12-,13-/m1/s1. The van der Waals surface area contributed by atoms with Crippen LogP contribution in [0.15, 0.2) is 29.1 Å². The monoisotopic (exact) mass is 344 g/mol. The Hall–Kier alpha value is -2.25. The van der Waals surface area contributed by atoms with Gasteiger partial charge in [0.1, 0.15) is 0 Å². The van der Waals surface area contributed by atoms with Gasteiger partial charge in [0.15, 0.2) is 0 Å². The predicted octanol–water partition coefficient (Wildman–Crippen LogP) is 0.691. The Morgan fingerprint density at radius 3 is 2.68 bits per heavy atom. The minimum absolute atomic E-state index is 0.0981. The summed E-state index contributed by atoms with van der Waals surface area (Å²) in [5, 5.41) is 10.7. The van der Waals surface area contributed by atoms with E-state index in [4.69, 9.17) is 4.74 Å². The Bertz CT molecular complexity index is 794. The molecule has 7 heteroatoms. The predicted molar refractivity (Wildman–Crippen MR) is 95.5 cm³/mol. The van der Waals surface area contributed by atoms with Crippen molar-refractivity contribution in [3.05, 3.63) is 40.3 Å². The fourth-order valence-electron chi connectivity index (χ4n) is 3.34. The number of H-pyrrole nitrogens is 1. The van der Waals surface area contributed by atoms with Gasteiger partial charge >= 0.3 is 0 Å². The Kier molecular flexibility index (Phi) is 5.45. The molecular weight excluding hydrogens is 320 g/mol. The van der Waals surface area contributed by atoms with Crippen molar-refractivity contribution in [2.75, 3.05) is 26.2 Å². The van der Waals surface area contributed by atoms with Gasteiger partial charge in [-0.05, 0) is 19.9 Å². The van der Waals surface area contributed by atoms with Crippen LogP contribution in [0.3, 0.4) is 0 Å². The van der Waals surface area contributed by atoms with Gasteiger partial charge < -0.3 is 10.1 Å². The molecule has 1 saturated heterocycles. The Labute approximate surface area is 146 Å². The van der Waals surface area contributed by atoms with Crippen molar-refractivity contribution in [1.82, 2.24) is 20.4 Å². The van der Waals surface area contributed by atoms with Gasteiger partial charge in [-0.15, -0.1) is 0 Å². The Morgan fingerprint density at radius 1 is 1.28 bits per heavy atom. The van der Waals surface area contributed by atoms with Crippen molar-refractivity contribution in [3.8, 4) is 0 Å². The fraction of sp³-hybridized carbons (Fsp3) is 0.500. The zero-order valence-corrected chi connectivity index (χ0v) is 14.6. The van der Waals surface area contributed by atoms with Gasteiger partial charge in [-0.2, -0.15) is 5.10 Å². The number of hydrogen-bond acceptors (Lipinski definition) is 5. The number of nitrogens with one attached hydrogen (secondary N) is 2. The minimum Gasteiger partial charge on any atom is -0.373 e. The van der Waals surface area contributed by atoms with Crippen molar-refractivity contribution in [3.63, 3.8) is 0 Å². The lowest BCUT2D eigenvalue weighted by molar-refractivity contribution is -0.120. The molecule has 2 atom stereocenters. The van der Waals surface area contributed by atoms with E-state index in [0.717, 1.165) is 25.0 Å². The molecule has 0 aliphatic carbocycles. The molecule has 2 aromatic rings. The first-order valence-corrected chi connectivity index (χ1v) is 8.63. The van der Waals surface area contributed by atoms with Crippen LogP contribution in [0.1, 0.15) is 19.5 Å². The third-order valence-corrected chi connectivity index (χ3v) is 4.35. The van der Waals surface area contributed by atoms with E-state index >= 15 is 0 Å². The molecule has 0 saturated carbocycles. The SMILES string of the molecule is C[C@@H]1CN(CCNC(=O)Cc2n[nH]c(=O)c3ccccc23)C[C@@H](C)O1. The van der Waals surface area contributed by atoms with E-state index in [1.165, 1.54) is 0 Å². The molecule has 0 radical (unpaired) electrons. The van der Waals surface area contributed by atoms with Gasteiger partial charge in [0.25, 0.3) is 5.56 Å². The summed E-state index contributed by atoms with van der Waals surface area (Å²) >= 11 is 0. The second-order valence-corrected chi connectivity index (χ2v) is 6.59. The summed E-state index contributed by atoms with van der Waals surface area (Å²) < 4.78 is 5.71. The first-order valence-electron chi connectivity index (χ1n) is 8.63. The number of nitrogens with zero attached hydrogens (tertiary/aromatic N) is 2. The summed E-state index contributed by atoms with van der Waals surface area (Å²) in [6.07, 6.45) is 0.583. The molecule has 1 aromatic heterocycles. The molecule has 1 aliphatic heterocycles. The van der Waals surface area contributed by atoms with Crippen molar-refractivity contribution < 1.29 is 9.53 Å². The van der Waals surface area contributed by atoms with Crippen LogP contribution in [0.5, 0.6) is 0 Å². The third-order valence-electron chi connectivity index (χ3n) is 4.35. The Morgan fingerprint density at radius 2 is 1.96 bits per heavy atom. The van der Waals surface area contributed by atoms with Crippen LogP contribution in [-0.2, 0) is 16.0 Å². The molecule has 2 heterocycles. The highest BCUT2D eigenvalue weighted by atomic mass is 16.5. The number of morpholine rings is 1. The molecule has 0 unspecified atom stereocenters. The fourth-order valence-corrected chi connectivity index (χ4v) is 3.34. The Balaban J connectivity index is 1.55. The summed E-state index contributed by atoms with van der Waals surface area (Å²) in [4.78, 5) is 26.3. The number of benzene rings is 1. The maximum atomic E-state index is 12.2. The quantitative estimate of drug-likeness (QED) is 0.833. The zero-order valence-electron chi connectivity index (χ0n) is 14.6. The molecular formula is C18H24N4O3. The van der Waals surface area contributed by atoms with E-state index in [1.54, 1.807) is 12.1 Å². The van der Waals surface area contributed by atoms with E-state index in [9.17, 15) is 9.59 Å². The largest absolute Gasteiger partial charge is 0.373 e. The second-order valence-electron chi connectivity index (χ2n) is 6.59. The molecule has 1 aliphatic rings. The molecule has 1 aromatic carbocycles. The van der Waals surface area contributed by atoms with Crippen LogP contribution >= 0.6 is 0 Å². The lowest BCUT2D eigenvalue weighted by Crippen LogP contribution is -2.48.